The summed E-state index contributed by atoms with van der Waals surface area (Å²) in [6.45, 7) is 9.22. The molecule has 2 rings (SSSR count). The van der Waals surface area contributed by atoms with Gasteiger partial charge in [-0.1, -0.05) is 13.8 Å². The van der Waals surface area contributed by atoms with Crippen LogP contribution in [0.3, 0.4) is 0 Å². The van der Waals surface area contributed by atoms with Crippen LogP contribution in [-0.2, 0) is 0 Å². The van der Waals surface area contributed by atoms with Gasteiger partial charge in [0.05, 0.1) is 10.5 Å². The van der Waals surface area contributed by atoms with E-state index in [-0.39, 0.29) is 11.3 Å². The van der Waals surface area contributed by atoms with Gasteiger partial charge in [0.25, 0.3) is 5.69 Å². The summed E-state index contributed by atoms with van der Waals surface area (Å²) >= 11 is 0. The molecule has 0 unspecified atom stereocenters. The fourth-order valence-electron chi connectivity index (χ4n) is 2.70. The molecule has 0 amide bonds. The number of aldehydes is 1. The molecule has 0 atom stereocenters. The quantitative estimate of drug-likeness (QED) is 0.472. The lowest BCUT2D eigenvalue weighted by Crippen LogP contribution is -2.47. The minimum Gasteiger partial charge on any atom is -0.369 e. The number of benzene rings is 1. The maximum Gasteiger partial charge on any atom is 0.280 e. The fourth-order valence-corrected chi connectivity index (χ4v) is 2.70. The number of carbonyl (C=O) groups excluding carboxylic acids is 1. The lowest BCUT2D eigenvalue weighted by atomic mass is 10.1. The van der Waals surface area contributed by atoms with Gasteiger partial charge in [-0.05, 0) is 18.1 Å². The van der Waals surface area contributed by atoms with Crippen LogP contribution in [0, 0.1) is 16.0 Å². The van der Waals surface area contributed by atoms with E-state index in [4.69, 9.17) is 0 Å². The molecule has 0 saturated carbocycles. The first kappa shape index (κ1) is 15.4. The molecule has 6 heteroatoms. The van der Waals surface area contributed by atoms with Crippen LogP contribution in [0.15, 0.2) is 18.2 Å². The van der Waals surface area contributed by atoms with Gasteiger partial charge in [-0.25, -0.2) is 0 Å². The number of carbonyl (C=O) groups is 1. The van der Waals surface area contributed by atoms with E-state index in [1.807, 2.05) is 0 Å². The van der Waals surface area contributed by atoms with E-state index in [1.165, 1.54) is 6.07 Å². The molecule has 1 saturated heterocycles. The monoisotopic (exact) mass is 291 g/mol. The number of hydrogen-bond donors (Lipinski definition) is 0. The first-order valence-corrected chi connectivity index (χ1v) is 7.22. The minimum absolute atomic E-state index is 0.132. The second kappa shape index (κ2) is 6.67. The lowest BCUT2D eigenvalue weighted by molar-refractivity contribution is -0.385. The highest BCUT2D eigenvalue weighted by atomic mass is 16.6. The standard InChI is InChI=1S/C15H21N3O3/c1-12(2)10-16-5-7-17(8-6-16)14-3-4-15(18(20)21)13(9-14)11-19/h3-4,9,11-12H,5-8,10H2,1-2H3. The zero-order chi connectivity index (χ0) is 15.4. The molecule has 1 aromatic carbocycles. The molecule has 1 aliphatic rings. The SMILES string of the molecule is CC(C)CN1CCN(c2ccc([N+](=O)[O-])c(C=O)c2)CC1. The topological polar surface area (TPSA) is 66.7 Å². The Bertz CT molecular complexity index is 523. The van der Waals surface area contributed by atoms with Crippen molar-refractivity contribution in [3.05, 3.63) is 33.9 Å². The molecule has 0 radical (unpaired) electrons. The second-order valence-electron chi connectivity index (χ2n) is 5.80. The van der Waals surface area contributed by atoms with Gasteiger partial charge in [0.2, 0.25) is 0 Å². The van der Waals surface area contributed by atoms with E-state index < -0.39 is 4.92 Å². The number of nitrogens with zero attached hydrogens (tertiary/aromatic N) is 3. The van der Waals surface area contributed by atoms with E-state index in [9.17, 15) is 14.9 Å². The van der Waals surface area contributed by atoms with Gasteiger partial charge < -0.3 is 4.90 Å². The van der Waals surface area contributed by atoms with E-state index in [1.54, 1.807) is 12.1 Å². The Hall–Kier alpha value is -1.95. The van der Waals surface area contributed by atoms with Crippen LogP contribution >= 0.6 is 0 Å². The Balaban J connectivity index is 2.07. The molecule has 0 bridgehead atoms. The highest BCUT2D eigenvalue weighted by Gasteiger charge is 2.20. The Kier molecular flexibility index (Phi) is 4.90. The fraction of sp³-hybridized carbons (Fsp3) is 0.533. The molecular weight excluding hydrogens is 270 g/mol. The van der Waals surface area contributed by atoms with Crippen molar-refractivity contribution >= 4 is 17.7 Å². The summed E-state index contributed by atoms with van der Waals surface area (Å²) in [5.41, 5.74) is 0.890. The summed E-state index contributed by atoms with van der Waals surface area (Å²) in [7, 11) is 0. The molecule has 21 heavy (non-hydrogen) atoms. The van der Waals surface area contributed by atoms with Crippen LogP contribution in [0.4, 0.5) is 11.4 Å². The summed E-state index contributed by atoms with van der Waals surface area (Å²) in [5.74, 6) is 0.651. The Morgan fingerprint density at radius 3 is 2.48 bits per heavy atom. The number of nitro benzene ring substituents is 1. The third-order valence-electron chi connectivity index (χ3n) is 3.70. The summed E-state index contributed by atoms with van der Waals surface area (Å²) in [6, 6.07) is 4.76. The zero-order valence-electron chi connectivity index (χ0n) is 12.5. The van der Waals surface area contributed by atoms with Crippen LogP contribution in [-0.4, -0.2) is 48.8 Å². The van der Waals surface area contributed by atoms with Crippen LogP contribution in [0.5, 0.6) is 0 Å². The van der Waals surface area contributed by atoms with Gasteiger partial charge in [0.1, 0.15) is 0 Å². The van der Waals surface area contributed by atoms with Crippen molar-refractivity contribution in [2.45, 2.75) is 13.8 Å². The molecular formula is C15H21N3O3. The van der Waals surface area contributed by atoms with Crippen molar-refractivity contribution in [3.8, 4) is 0 Å². The average Bonchev–Trinajstić information content (AvgIpc) is 2.46. The van der Waals surface area contributed by atoms with Crippen LogP contribution < -0.4 is 4.90 Å². The minimum atomic E-state index is -0.520. The Labute approximate surface area is 124 Å². The molecule has 0 aromatic heterocycles. The third-order valence-corrected chi connectivity index (χ3v) is 3.70. The first-order chi connectivity index (χ1) is 10.0. The maximum absolute atomic E-state index is 11.0. The van der Waals surface area contributed by atoms with Crippen molar-refractivity contribution in [3.63, 3.8) is 0 Å². The molecule has 1 fully saturated rings. The maximum atomic E-state index is 11.0. The van der Waals surface area contributed by atoms with Gasteiger partial charge in [-0.15, -0.1) is 0 Å². The first-order valence-electron chi connectivity index (χ1n) is 7.22. The second-order valence-corrected chi connectivity index (χ2v) is 5.80. The van der Waals surface area contributed by atoms with Crippen molar-refractivity contribution in [1.29, 1.82) is 0 Å². The van der Waals surface area contributed by atoms with E-state index in [0.29, 0.717) is 12.2 Å². The number of nitro groups is 1. The van der Waals surface area contributed by atoms with E-state index in [0.717, 1.165) is 38.4 Å². The van der Waals surface area contributed by atoms with Gasteiger partial charge in [0, 0.05) is 44.5 Å². The Morgan fingerprint density at radius 2 is 1.95 bits per heavy atom. The largest absolute Gasteiger partial charge is 0.369 e. The van der Waals surface area contributed by atoms with Crippen LogP contribution in [0.25, 0.3) is 0 Å². The van der Waals surface area contributed by atoms with Gasteiger partial charge in [-0.2, -0.15) is 0 Å². The normalized spacial score (nSPS) is 16.2. The van der Waals surface area contributed by atoms with Crippen molar-refractivity contribution in [2.24, 2.45) is 5.92 Å². The van der Waals surface area contributed by atoms with Crippen molar-refractivity contribution in [2.75, 3.05) is 37.6 Å². The third kappa shape index (κ3) is 3.78. The summed E-state index contributed by atoms with van der Waals surface area (Å²) < 4.78 is 0. The predicted molar refractivity (Wildman–Crippen MR) is 82.0 cm³/mol. The summed E-state index contributed by atoms with van der Waals surface area (Å²) in [5, 5.41) is 10.8. The molecule has 6 nitrogen and oxygen atoms in total. The zero-order valence-corrected chi connectivity index (χ0v) is 12.5. The van der Waals surface area contributed by atoms with Crippen LogP contribution in [0.1, 0.15) is 24.2 Å². The highest BCUT2D eigenvalue weighted by molar-refractivity contribution is 5.83. The average molecular weight is 291 g/mol. The van der Waals surface area contributed by atoms with Crippen molar-refractivity contribution in [1.82, 2.24) is 4.90 Å². The molecule has 0 aliphatic carbocycles. The molecule has 0 N–H and O–H groups in total. The van der Waals surface area contributed by atoms with Gasteiger partial charge >= 0.3 is 0 Å². The summed E-state index contributed by atoms with van der Waals surface area (Å²) in [6.07, 6.45) is 0.552. The molecule has 0 spiro atoms. The number of rotatable bonds is 5. The van der Waals surface area contributed by atoms with Gasteiger partial charge in [-0.3, -0.25) is 19.8 Å². The number of anilines is 1. The van der Waals surface area contributed by atoms with E-state index in [2.05, 4.69) is 23.6 Å². The predicted octanol–water partition coefficient (Wildman–Crippen LogP) is 2.19. The van der Waals surface area contributed by atoms with Gasteiger partial charge in [0.15, 0.2) is 6.29 Å². The van der Waals surface area contributed by atoms with Crippen LogP contribution in [0.2, 0.25) is 0 Å². The lowest BCUT2D eigenvalue weighted by Gasteiger charge is -2.36. The smallest absolute Gasteiger partial charge is 0.280 e. The van der Waals surface area contributed by atoms with Crippen molar-refractivity contribution < 1.29 is 9.72 Å². The molecule has 114 valence electrons. The van der Waals surface area contributed by atoms with E-state index >= 15 is 0 Å². The highest BCUT2D eigenvalue weighted by Crippen LogP contribution is 2.24. The molecule has 1 aliphatic heterocycles. The molecule has 1 aromatic rings. The Morgan fingerprint density at radius 1 is 1.29 bits per heavy atom. The summed E-state index contributed by atoms with van der Waals surface area (Å²) in [4.78, 5) is 25.9. The molecule has 1 heterocycles. The number of hydrogen-bond acceptors (Lipinski definition) is 5. The number of piperazine rings is 1.